The van der Waals surface area contributed by atoms with E-state index >= 15 is 0 Å². The molecule has 0 spiro atoms. The molecule has 0 saturated heterocycles. The molecule has 0 heterocycles. The lowest BCUT2D eigenvalue weighted by atomic mass is 10.1. The number of hydrogen-bond acceptors (Lipinski definition) is 5. The summed E-state index contributed by atoms with van der Waals surface area (Å²) in [7, 11) is -2.08. The van der Waals surface area contributed by atoms with Crippen molar-refractivity contribution in [3.63, 3.8) is 0 Å². The van der Waals surface area contributed by atoms with Crippen molar-refractivity contribution in [3.8, 4) is 0 Å². The molecule has 0 saturated carbocycles. The summed E-state index contributed by atoms with van der Waals surface area (Å²) in [6.07, 6.45) is 0.554. The summed E-state index contributed by atoms with van der Waals surface area (Å²) in [6, 6.07) is 9.67. The topological polar surface area (TPSA) is 73.9 Å². The van der Waals surface area contributed by atoms with Crippen molar-refractivity contribution < 1.29 is 23.4 Å². The van der Waals surface area contributed by atoms with Crippen molar-refractivity contribution >= 4 is 13.5 Å². The van der Waals surface area contributed by atoms with Crippen LogP contribution in [-0.4, -0.2) is 32.1 Å². The molecule has 1 aromatic rings. The fraction of sp³-hybridized carbons (Fsp3) is 0.588. The van der Waals surface area contributed by atoms with Gasteiger partial charge >= 0.3 is 5.97 Å². The third-order valence-corrected chi connectivity index (χ3v) is 5.69. The number of rotatable bonds is 11. The quantitative estimate of drug-likeness (QED) is 0.482. The Balaban J connectivity index is 2.86. The Morgan fingerprint density at radius 1 is 1.25 bits per heavy atom. The normalized spacial score (nSPS) is 15.0. The molecule has 24 heavy (non-hydrogen) atoms. The molecule has 0 aliphatic rings. The first kappa shape index (κ1) is 20.8. The zero-order chi connectivity index (χ0) is 18.0. The molecule has 136 valence electrons. The van der Waals surface area contributed by atoms with Gasteiger partial charge in [0.05, 0.1) is 20.3 Å². The molecule has 0 radical (unpaired) electrons. The standard InChI is InChI=1S/C17H28NO5P/c1-5-23-24(20,18-12-16(19)21-4)17(11-14(2)3)22-13-15-9-7-6-8-10-15/h6-10,14,17H,5,11-13H2,1-4H3,(H,18,20)/t17-,24+/m1/s1. The number of carbonyl (C=O) groups excluding carboxylic acids is 1. The average Bonchev–Trinajstić information content (AvgIpc) is 2.57. The van der Waals surface area contributed by atoms with E-state index in [2.05, 4.69) is 9.82 Å². The highest BCUT2D eigenvalue weighted by molar-refractivity contribution is 7.57. The number of nitrogens with one attached hydrogen (secondary N) is 1. The predicted molar refractivity (Wildman–Crippen MR) is 93.7 cm³/mol. The molecular weight excluding hydrogens is 329 g/mol. The van der Waals surface area contributed by atoms with Gasteiger partial charge in [0.2, 0.25) is 0 Å². The molecule has 1 N–H and O–H groups in total. The van der Waals surface area contributed by atoms with Crippen LogP contribution < -0.4 is 5.09 Å². The van der Waals surface area contributed by atoms with Crippen LogP contribution in [0.4, 0.5) is 0 Å². The zero-order valence-electron chi connectivity index (χ0n) is 14.9. The first-order valence-electron chi connectivity index (χ1n) is 8.13. The highest BCUT2D eigenvalue weighted by atomic mass is 31.2. The van der Waals surface area contributed by atoms with E-state index in [0.29, 0.717) is 13.0 Å². The fourth-order valence-electron chi connectivity index (χ4n) is 2.14. The first-order valence-corrected chi connectivity index (χ1v) is 9.82. The fourth-order valence-corrected chi connectivity index (χ4v) is 4.31. The maximum atomic E-state index is 13.2. The Bertz CT molecular complexity index is 535. The summed E-state index contributed by atoms with van der Waals surface area (Å²) in [6.45, 7) is 6.21. The summed E-state index contributed by atoms with van der Waals surface area (Å²) in [5.74, 6) is -0.872. The number of carbonyl (C=O) groups is 1. The Morgan fingerprint density at radius 2 is 1.92 bits per heavy atom. The molecule has 6 nitrogen and oxygen atoms in total. The van der Waals surface area contributed by atoms with Crippen LogP contribution in [0.25, 0.3) is 0 Å². The molecule has 0 amide bonds. The van der Waals surface area contributed by atoms with E-state index in [9.17, 15) is 9.36 Å². The van der Waals surface area contributed by atoms with Crippen molar-refractivity contribution in [2.45, 2.75) is 39.6 Å². The molecule has 0 aromatic heterocycles. The monoisotopic (exact) mass is 357 g/mol. The molecule has 2 atom stereocenters. The molecule has 0 bridgehead atoms. The number of esters is 1. The SMILES string of the molecule is CCO[P@](=O)(NCC(=O)OC)[C@H](CC(C)C)OCc1ccccc1. The Labute approximate surface area is 144 Å². The summed E-state index contributed by atoms with van der Waals surface area (Å²) in [5.41, 5.74) is 0.988. The second kappa shape index (κ2) is 10.6. The van der Waals surface area contributed by atoms with Gasteiger partial charge in [0.25, 0.3) is 7.52 Å². The lowest BCUT2D eigenvalue weighted by Crippen LogP contribution is -2.30. The molecule has 7 heteroatoms. The van der Waals surface area contributed by atoms with Gasteiger partial charge in [-0.1, -0.05) is 44.2 Å². The van der Waals surface area contributed by atoms with Gasteiger partial charge in [-0.3, -0.25) is 9.36 Å². The van der Waals surface area contributed by atoms with E-state index in [1.807, 2.05) is 44.2 Å². The Morgan fingerprint density at radius 3 is 2.46 bits per heavy atom. The van der Waals surface area contributed by atoms with Gasteiger partial charge in [-0.25, -0.2) is 5.09 Å². The van der Waals surface area contributed by atoms with Crippen LogP contribution in [0.3, 0.4) is 0 Å². The molecule has 1 aromatic carbocycles. The second-order valence-electron chi connectivity index (χ2n) is 5.81. The Hall–Kier alpha value is -1.20. The van der Waals surface area contributed by atoms with Gasteiger partial charge in [0.15, 0.2) is 0 Å². The van der Waals surface area contributed by atoms with Crippen molar-refractivity contribution in [1.82, 2.24) is 5.09 Å². The van der Waals surface area contributed by atoms with Crippen molar-refractivity contribution in [2.75, 3.05) is 20.3 Å². The van der Waals surface area contributed by atoms with E-state index in [0.717, 1.165) is 5.56 Å². The average molecular weight is 357 g/mol. The second-order valence-corrected chi connectivity index (χ2v) is 8.15. The highest BCUT2D eigenvalue weighted by Crippen LogP contribution is 2.50. The lowest BCUT2D eigenvalue weighted by molar-refractivity contribution is -0.139. The van der Waals surface area contributed by atoms with E-state index < -0.39 is 19.3 Å². The van der Waals surface area contributed by atoms with Gasteiger partial charge in [0, 0.05) is 0 Å². The van der Waals surface area contributed by atoms with Crippen LogP contribution in [0.2, 0.25) is 0 Å². The predicted octanol–water partition coefficient (Wildman–Crippen LogP) is 3.57. The van der Waals surface area contributed by atoms with E-state index in [1.54, 1.807) is 6.92 Å². The zero-order valence-corrected chi connectivity index (χ0v) is 15.8. The van der Waals surface area contributed by atoms with E-state index in [4.69, 9.17) is 9.26 Å². The maximum absolute atomic E-state index is 13.2. The minimum atomic E-state index is -3.36. The Kier molecular flexibility index (Phi) is 9.22. The van der Waals surface area contributed by atoms with Crippen LogP contribution in [0.5, 0.6) is 0 Å². The van der Waals surface area contributed by atoms with Gasteiger partial charge in [-0.15, -0.1) is 0 Å². The summed E-state index contributed by atoms with van der Waals surface area (Å²) in [5, 5.41) is 2.72. The summed E-state index contributed by atoms with van der Waals surface area (Å²) >= 11 is 0. The number of hydrogen-bond donors (Lipinski definition) is 1. The number of ether oxygens (including phenoxy) is 2. The first-order chi connectivity index (χ1) is 11.4. The minimum Gasteiger partial charge on any atom is -0.468 e. The van der Waals surface area contributed by atoms with Crippen molar-refractivity contribution in [3.05, 3.63) is 35.9 Å². The van der Waals surface area contributed by atoms with Crippen molar-refractivity contribution in [2.24, 2.45) is 5.92 Å². The van der Waals surface area contributed by atoms with Crippen LogP contribution in [-0.2, 0) is 30.0 Å². The molecule has 0 aliphatic carbocycles. The highest BCUT2D eigenvalue weighted by Gasteiger charge is 2.36. The summed E-state index contributed by atoms with van der Waals surface area (Å²) < 4.78 is 29.2. The molecule has 0 aliphatic heterocycles. The van der Waals surface area contributed by atoms with Crippen molar-refractivity contribution in [1.29, 1.82) is 0 Å². The summed E-state index contributed by atoms with van der Waals surface area (Å²) in [4.78, 5) is 11.4. The number of benzene rings is 1. The van der Waals surface area contributed by atoms with Gasteiger partial charge in [-0.05, 0) is 24.8 Å². The molecular formula is C17H28NO5P. The maximum Gasteiger partial charge on any atom is 0.320 e. The van der Waals surface area contributed by atoms with Gasteiger partial charge in [0.1, 0.15) is 12.4 Å². The van der Waals surface area contributed by atoms with Gasteiger partial charge in [-0.2, -0.15) is 0 Å². The van der Waals surface area contributed by atoms with Crippen LogP contribution >= 0.6 is 7.52 Å². The van der Waals surface area contributed by atoms with Crippen LogP contribution in [0.1, 0.15) is 32.8 Å². The molecule has 1 rings (SSSR count). The van der Waals surface area contributed by atoms with E-state index in [-0.39, 0.29) is 19.1 Å². The van der Waals surface area contributed by atoms with E-state index in [1.165, 1.54) is 7.11 Å². The number of methoxy groups -OCH3 is 1. The minimum absolute atomic E-state index is 0.183. The van der Waals surface area contributed by atoms with Crippen LogP contribution in [0, 0.1) is 5.92 Å². The van der Waals surface area contributed by atoms with Gasteiger partial charge < -0.3 is 14.0 Å². The molecule has 0 unspecified atom stereocenters. The third kappa shape index (κ3) is 7.14. The van der Waals surface area contributed by atoms with Crippen LogP contribution in [0.15, 0.2) is 30.3 Å². The lowest BCUT2D eigenvalue weighted by Gasteiger charge is -2.28. The molecule has 0 fully saturated rings. The third-order valence-electron chi connectivity index (χ3n) is 3.33. The smallest absolute Gasteiger partial charge is 0.320 e. The largest absolute Gasteiger partial charge is 0.468 e.